The SMILES string of the molecule is CCCCCCCCOC(=O)CCCC(=O)[O-].[Na+]. The van der Waals surface area contributed by atoms with Gasteiger partial charge in [0.1, 0.15) is 0 Å². The summed E-state index contributed by atoms with van der Waals surface area (Å²) in [6, 6.07) is 0. The van der Waals surface area contributed by atoms with E-state index in [-0.39, 0.29) is 48.4 Å². The summed E-state index contributed by atoms with van der Waals surface area (Å²) in [6.45, 7) is 2.63. The van der Waals surface area contributed by atoms with Crippen molar-refractivity contribution in [3.63, 3.8) is 0 Å². The van der Waals surface area contributed by atoms with Gasteiger partial charge in [0.2, 0.25) is 0 Å². The van der Waals surface area contributed by atoms with Crippen LogP contribution in [0.4, 0.5) is 0 Å². The van der Waals surface area contributed by atoms with Crippen molar-refractivity contribution in [2.75, 3.05) is 6.61 Å². The molecule has 0 radical (unpaired) electrons. The fraction of sp³-hybridized carbons (Fsp3) is 0.846. The Hall–Kier alpha value is -0.0600. The Balaban J connectivity index is 0. The number of ether oxygens (including phenoxy) is 1. The molecule has 0 aliphatic rings. The van der Waals surface area contributed by atoms with Gasteiger partial charge in [-0.3, -0.25) is 4.79 Å². The number of carbonyl (C=O) groups excluding carboxylic acids is 2. The molecule has 0 aliphatic heterocycles. The van der Waals surface area contributed by atoms with Gasteiger partial charge < -0.3 is 14.6 Å². The number of carboxylic acids is 1. The van der Waals surface area contributed by atoms with Gasteiger partial charge in [0.05, 0.1) is 6.61 Å². The number of carboxylic acid groups (broad SMARTS) is 1. The first-order valence-electron chi connectivity index (χ1n) is 6.52. The summed E-state index contributed by atoms with van der Waals surface area (Å²) in [5.41, 5.74) is 0. The van der Waals surface area contributed by atoms with E-state index in [1.807, 2.05) is 0 Å². The van der Waals surface area contributed by atoms with E-state index in [1.165, 1.54) is 25.7 Å². The van der Waals surface area contributed by atoms with E-state index in [4.69, 9.17) is 4.74 Å². The van der Waals surface area contributed by atoms with Crippen LogP contribution in [0.25, 0.3) is 0 Å². The quantitative estimate of drug-likeness (QED) is 0.268. The topological polar surface area (TPSA) is 66.4 Å². The van der Waals surface area contributed by atoms with Gasteiger partial charge in [-0.25, -0.2) is 0 Å². The van der Waals surface area contributed by atoms with Crippen LogP contribution in [0.3, 0.4) is 0 Å². The van der Waals surface area contributed by atoms with Gasteiger partial charge in [0.15, 0.2) is 0 Å². The molecule has 100 valence electrons. The Bertz CT molecular complexity index is 219. The van der Waals surface area contributed by atoms with E-state index >= 15 is 0 Å². The molecule has 0 saturated carbocycles. The summed E-state index contributed by atoms with van der Waals surface area (Å²) in [4.78, 5) is 21.2. The molecule has 0 aliphatic carbocycles. The van der Waals surface area contributed by atoms with E-state index in [9.17, 15) is 14.7 Å². The molecule has 0 bridgehead atoms. The van der Waals surface area contributed by atoms with E-state index in [1.54, 1.807) is 0 Å². The Morgan fingerprint density at radius 3 is 2.17 bits per heavy atom. The summed E-state index contributed by atoms with van der Waals surface area (Å²) in [6.07, 6.45) is 7.32. The molecule has 0 aromatic carbocycles. The summed E-state index contributed by atoms with van der Waals surface area (Å²) < 4.78 is 4.98. The van der Waals surface area contributed by atoms with Crippen LogP contribution in [0.5, 0.6) is 0 Å². The molecule has 0 N–H and O–H groups in total. The second kappa shape index (κ2) is 15.0. The van der Waals surface area contributed by atoms with Crippen LogP contribution in [-0.4, -0.2) is 18.5 Å². The molecule has 0 unspecified atom stereocenters. The van der Waals surface area contributed by atoms with Crippen LogP contribution in [0, 0.1) is 0 Å². The average Bonchev–Trinajstić information content (AvgIpc) is 2.27. The fourth-order valence-electron chi connectivity index (χ4n) is 1.52. The van der Waals surface area contributed by atoms with E-state index in [2.05, 4.69) is 6.92 Å². The van der Waals surface area contributed by atoms with Crippen LogP contribution < -0.4 is 34.7 Å². The van der Waals surface area contributed by atoms with Gasteiger partial charge in [-0.15, -0.1) is 0 Å². The zero-order valence-corrected chi connectivity index (χ0v) is 13.7. The number of hydrogen-bond donors (Lipinski definition) is 0. The van der Waals surface area contributed by atoms with Crippen molar-refractivity contribution in [2.45, 2.75) is 64.7 Å². The molecule has 4 nitrogen and oxygen atoms in total. The van der Waals surface area contributed by atoms with Crippen molar-refractivity contribution in [3.05, 3.63) is 0 Å². The normalized spacial score (nSPS) is 9.61. The molecule has 0 aromatic heterocycles. The predicted octanol–water partition coefficient (Wildman–Crippen LogP) is -1.19. The number of hydrogen-bond acceptors (Lipinski definition) is 4. The van der Waals surface area contributed by atoms with Crippen LogP contribution in [0.15, 0.2) is 0 Å². The zero-order valence-electron chi connectivity index (χ0n) is 11.7. The van der Waals surface area contributed by atoms with Crippen LogP contribution in [-0.2, 0) is 14.3 Å². The molecular formula is C13H23NaO4. The van der Waals surface area contributed by atoms with Crippen LogP contribution >= 0.6 is 0 Å². The van der Waals surface area contributed by atoms with Crippen molar-refractivity contribution in [3.8, 4) is 0 Å². The Kier molecular flexibility index (Phi) is 16.9. The smallest absolute Gasteiger partial charge is 0.550 e. The minimum atomic E-state index is -1.12. The fourth-order valence-corrected chi connectivity index (χ4v) is 1.52. The average molecular weight is 266 g/mol. The maximum Gasteiger partial charge on any atom is 1.00 e. The number of aliphatic carboxylic acids is 1. The number of esters is 1. The molecule has 0 amide bonds. The van der Waals surface area contributed by atoms with Crippen LogP contribution in [0.2, 0.25) is 0 Å². The van der Waals surface area contributed by atoms with Gasteiger partial charge in [0.25, 0.3) is 0 Å². The first-order chi connectivity index (χ1) is 8.16. The van der Waals surface area contributed by atoms with Gasteiger partial charge in [-0.05, 0) is 19.3 Å². The molecule has 5 heteroatoms. The summed E-state index contributed by atoms with van der Waals surface area (Å²) in [5.74, 6) is -1.42. The van der Waals surface area contributed by atoms with Crippen molar-refractivity contribution >= 4 is 11.9 Å². The summed E-state index contributed by atoms with van der Waals surface area (Å²) >= 11 is 0. The molecule has 0 saturated heterocycles. The maximum atomic E-state index is 11.1. The van der Waals surface area contributed by atoms with Gasteiger partial charge in [-0.2, -0.15) is 0 Å². The maximum absolute atomic E-state index is 11.1. The van der Waals surface area contributed by atoms with E-state index in [0.717, 1.165) is 12.8 Å². The van der Waals surface area contributed by atoms with E-state index in [0.29, 0.717) is 13.0 Å². The number of rotatable bonds is 11. The van der Waals surface area contributed by atoms with Crippen molar-refractivity contribution in [1.29, 1.82) is 0 Å². The molecule has 0 spiro atoms. The van der Waals surface area contributed by atoms with Crippen LogP contribution in [0.1, 0.15) is 64.7 Å². The molecule has 0 aromatic rings. The predicted molar refractivity (Wildman–Crippen MR) is 63.2 cm³/mol. The minimum absolute atomic E-state index is 0. The van der Waals surface area contributed by atoms with Gasteiger partial charge in [0, 0.05) is 12.4 Å². The monoisotopic (exact) mass is 266 g/mol. The first kappa shape index (κ1) is 20.3. The Labute approximate surface area is 132 Å². The molecule has 0 fully saturated rings. The number of carbonyl (C=O) groups is 2. The largest absolute Gasteiger partial charge is 1.00 e. The molecule has 0 heterocycles. The van der Waals surface area contributed by atoms with Crippen molar-refractivity contribution < 1.29 is 49.0 Å². The third-order valence-corrected chi connectivity index (χ3v) is 2.52. The molecule has 18 heavy (non-hydrogen) atoms. The molecule has 0 atom stereocenters. The number of unbranched alkanes of at least 4 members (excludes halogenated alkanes) is 5. The third-order valence-electron chi connectivity index (χ3n) is 2.52. The minimum Gasteiger partial charge on any atom is -0.550 e. The summed E-state index contributed by atoms with van der Waals surface area (Å²) in [7, 11) is 0. The van der Waals surface area contributed by atoms with E-state index < -0.39 is 5.97 Å². The zero-order chi connectivity index (χ0) is 12.9. The van der Waals surface area contributed by atoms with Crippen molar-refractivity contribution in [2.24, 2.45) is 0 Å². The third kappa shape index (κ3) is 15.9. The Morgan fingerprint density at radius 2 is 1.56 bits per heavy atom. The first-order valence-corrected chi connectivity index (χ1v) is 6.52. The van der Waals surface area contributed by atoms with Gasteiger partial charge >= 0.3 is 35.5 Å². The second-order valence-corrected chi connectivity index (χ2v) is 4.21. The standard InChI is InChI=1S/C13H24O4.Na/c1-2-3-4-5-6-7-11-17-13(16)10-8-9-12(14)15;/h2-11H2,1H3,(H,14,15);/q;+1/p-1. The van der Waals surface area contributed by atoms with Gasteiger partial charge in [-0.1, -0.05) is 39.0 Å². The molecule has 0 rings (SSSR count). The molecular weight excluding hydrogens is 243 g/mol. The van der Waals surface area contributed by atoms with Crippen molar-refractivity contribution in [1.82, 2.24) is 0 Å². The Morgan fingerprint density at radius 1 is 0.944 bits per heavy atom. The second-order valence-electron chi connectivity index (χ2n) is 4.21. The summed E-state index contributed by atoms with van der Waals surface area (Å²) in [5, 5.41) is 10.1.